The average Bonchev–Trinajstić information content (AvgIpc) is 2.56. The molecule has 0 bridgehead atoms. The maximum absolute atomic E-state index is 12.7. The van der Waals surface area contributed by atoms with Crippen molar-refractivity contribution in [3.63, 3.8) is 0 Å². The van der Waals surface area contributed by atoms with E-state index in [0.29, 0.717) is 23.6 Å². The number of ether oxygens (including phenoxy) is 2. The summed E-state index contributed by atoms with van der Waals surface area (Å²) in [6.45, 7) is 2.43. The lowest BCUT2D eigenvalue weighted by Gasteiger charge is -2.19. The Bertz CT molecular complexity index is 673. The average molecular weight is 378 g/mol. The van der Waals surface area contributed by atoms with Gasteiger partial charge >= 0.3 is 0 Å². The Balaban J connectivity index is 2.23. The second kappa shape index (κ2) is 7.51. The van der Waals surface area contributed by atoms with Crippen molar-refractivity contribution in [3.8, 4) is 11.5 Å². The molecule has 1 amide bonds. The molecule has 0 unspecified atom stereocenters. The molecular weight excluding hydrogens is 358 g/mol. The summed E-state index contributed by atoms with van der Waals surface area (Å²) in [6, 6.07) is 11.4. The molecule has 0 saturated carbocycles. The lowest BCUT2D eigenvalue weighted by Crippen LogP contribution is -2.26. The number of methoxy groups -OCH3 is 2. The highest BCUT2D eigenvalue weighted by Gasteiger charge is 2.17. The smallest absolute Gasteiger partial charge is 0.254 e. The second-order valence-corrected chi connectivity index (χ2v) is 6.21. The molecule has 2 rings (SSSR count). The first-order valence-corrected chi connectivity index (χ1v) is 7.98. The molecule has 122 valence electrons. The summed E-state index contributed by atoms with van der Waals surface area (Å²) in [5.74, 6) is 1.21. The number of amides is 1. The van der Waals surface area contributed by atoms with Gasteiger partial charge in [0.05, 0.1) is 14.2 Å². The van der Waals surface area contributed by atoms with Crippen LogP contribution in [0, 0.1) is 6.92 Å². The van der Waals surface area contributed by atoms with E-state index >= 15 is 0 Å². The summed E-state index contributed by atoms with van der Waals surface area (Å²) >= 11 is 3.41. The maximum Gasteiger partial charge on any atom is 0.254 e. The molecule has 4 nitrogen and oxygen atoms in total. The van der Waals surface area contributed by atoms with Crippen LogP contribution in [0.5, 0.6) is 11.5 Å². The molecule has 0 aliphatic rings. The lowest BCUT2D eigenvalue weighted by molar-refractivity contribution is 0.0784. The van der Waals surface area contributed by atoms with Gasteiger partial charge in [0.2, 0.25) is 0 Å². The van der Waals surface area contributed by atoms with Crippen LogP contribution < -0.4 is 9.47 Å². The van der Waals surface area contributed by atoms with Gasteiger partial charge in [-0.2, -0.15) is 0 Å². The third kappa shape index (κ3) is 4.05. The first-order valence-electron chi connectivity index (χ1n) is 7.18. The molecule has 0 N–H and O–H groups in total. The molecule has 0 atom stereocenters. The van der Waals surface area contributed by atoms with Gasteiger partial charge < -0.3 is 14.4 Å². The molecule has 0 aliphatic heterocycles. The molecule has 5 heteroatoms. The zero-order chi connectivity index (χ0) is 17.0. The fourth-order valence-corrected chi connectivity index (χ4v) is 2.63. The van der Waals surface area contributed by atoms with Crippen LogP contribution in [0.2, 0.25) is 0 Å². The van der Waals surface area contributed by atoms with Crippen molar-refractivity contribution in [1.82, 2.24) is 4.90 Å². The topological polar surface area (TPSA) is 38.8 Å². The molecule has 0 radical (unpaired) electrons. The van der Waals surface area contributed by atoms with E-state index in [-0.39, 0.29) is 5.91 Å². The SMILES string of the molecule is COc1cc(C(=O)N(C)Cc2ccc(Br)cc2)cc(OC)c1C. The van der Waals surface area contributed by atoms with Gasteiger partial charge in [-0.1, -0.05) is 28.1 Å². The van der Waals surface area contributed by atoms with E-state index < -0.39 is 0 Å². The standard InChI is InChI=1S/C18H20BrNO3/c1-12-16(22-3)9-14(10-17(12)23-4)18(21)20(2)11-13-5-7-15(19)8-6-13/h5-10H,11H2,1-4H3. The molecule has 0 heterocycles. The van der Waals surface area contributed by atoms with Crippen LogP contribution in [0.4, 0.5) is 0 Å². The van der Waals surface area contributed by atoms with Crippen LogP contribution in [0.25, 0.3) is 0 Å². The van der Waals surface area contributed by atoms with Crippen LogP contribution in [0.3, 0.4) is 0 Å². The minimum Gasteiger partial charge on any atom is -0.496 e. The van der Waals surface area contributed by atoms with Crippen molar-refractivity contribution >= 4 is 21.8 Å². The van der Waals surface area contributed by atoms with Crippen molar-refractivity contribution in [1.29, 1.82) is 0 Å². The molecule has 0 fully saturated rings. The van der Waals surface area contributed by atoms with Gasteiger partial charge in [0.1, 0.15) is 11.5 Å². The van der Waals surface area contributed by atoms with Crippen molar-refractivity contribution in [2.45, 2.75) is 13.5 Å². The number of rotatable bonds is 5. The summed E-state index contributed by atoms with van der Waals surface area (Å²) in [4.78, 5) is 14.3. The molecule has 0 saturated heterocycles. The highest BCUT2D eigenvalue weighted by atomic mass is 79.9. The largest absolute Gasteiger partial charge is 0.496 e. The van der Waals surface area contributed by atoms with Gasteiger partial charge in [0.15, 0.2) is 0 Å². The molecule has 0 aliphatic carbocycles. The number of carbonyl (C=O) groups is 1. The van der Waals surface area contributed by atoms with Crippen LogP contribution in [-0.4, -0.2) is 32.1 Å². The molecular formula is C18H20BrNO3. The van der Waals surface area contributed by atoms with Gasteiger partial charge in [0, 0.05) is 29.2 Å². The third-order valence-electron chi connectivity index (χ3n) is 3.68. The predicted molar refractivity (Wildman–Crippen MR) is 94.2 cm³/mol. The number of nitrogens with zero attached hydrogens (tertiary/aromatic N) is 1. The Morgan fingerprint density at radius 1 is 1.09 bits per heavy atom. The zero-order valence-electron chi connectivity index (χ0n) is 13.7. The summed E-state index contributed by atoms with van der Waals surface area (Å²) in [7, 11) is 4.95. The van der Waals surface area contributed by atoms with Crippen molar-refractivity contribution < 1.29 is 14.3 Å². The van der Waals surface area contributed by atoms with E-state index in [2.05, 4.69) is 15.9 Å². The van der Waals surface area contributed by atoms with E-state index in [1.807, 2.05) is 31.2 Å². The highest BCUT2D eigenvalue weighted by molar-refractivity contribution is 9.10. The van der Waals surface area contributed by atoms with E-state index in [0.717, 1.165) is 15.6 Å². The zero-order valence-corrected chi connectivity index (χ0v) is 15.3. The van der Waals surface area contributed by atoms with Gasteiger partial charge in [-0.15, -0.1) is 0 Å². The number of hydrogen-bond donors (Lipinski definition) is 0. The Hall–Kier alpha value is -2.01. The predicted octanol–water partition coefficient (Wildman–Crippen LogP) is 4.05. The third-order valence-corrected chi connectivity index (χ3v) is 4.21. The first-order chi connectivity index (χ1) is 11.0. The normalized spacial score (nSPS) is 10.3. The van der Waals surface area contributed by atoms with Crippen LogP contribution >= 0.6 is 15.9 Å². The monoisotopic (exact) mass is 377 g/mol. The van der Waals surface area contributed by atoms with Crippen molar-refractivity contribution in [2.24, 2.45) is 0 Å². The van der Waals surface area contributed by atoms with E-state index in [1.165, 1.54) is 0 Å². The molecule has 2 aromatic rings. The maximum atomic E-state index is 12.7. The molecule has 0 spiro atoms. The number of benzene rings is 2. The van der Waals surface area contributed by atoms with Crippen LogP contribution in [0.1, 0.15) is 21.5 Å². The molecule has 2 aromatic carbocycles. The van der Waals surface area contributed by atoms with Crippen molar-refractivity contribution in [3.05, 3.63) is 57.6 Å². The van der Waals surface area contributed by atoms with E-state index in [1.54, 1.807) is 38.3 Å². The fourth-order valence-electron chi connectivity index (χ4n) is 2.37. The molecule has 0 aromatic heterocycles. The lowest BCUT2D eigenvalue weighted by atomic mass is 10.1. The quantitative estimate of drug-likeness (QED) is 0.788. The highest BCUT2D eigenvalue weighted by Crippen LogP contribution is 2.30. The summed E-state index contributed by atoms with van der Waals surface area (Å²) in [6.07, 6.45) is 0. The van der Waals surface area contributed by atoms with Gasteiger partial charge in [-0.25, -0.2) is 0 Å². The van der Waals surface area contributed by atoms with Crippen molar-refractivity contribution in [2.75, 3.05) is 21.3 Å². The number of hydrogen-bond acceptors (Lipinski definition) is 3. The molecule has 23 heavy (non-hydrogen) atoms. The number of carbonyl (C=O) groups excluding carboxylic acids is 1. The second-order valence-electron chi connectivity index (χ2n) is 5.29. The summed E-state index contributed by atoms with van der Waals surface area (Å²) < 4.78 is 11.7. The summed E-state index contributed by atoms with van der Waals surface area (Å²) in [5.41, 5.74) is 2.49. The Morgan fingerprint density at radius 3 is 2.09 bits per heavy atom. The van der Waals surface area contributed by atoms with Gasteiger partial charge in [0.25, 0.3) is 5.91 Å². The van der Waals surface area contributed by atoms with Gasteiger partial charge in [-0.05, 0) is 36.8 Å². The fraction of sp³-hybridized carbons (Fsp3) is 0.278. The van der Waals surface area contributed by atoms with Crippen LogP contribution in [-0.2, 0) is 6.54 Å². The van der Waals surface area contributed by atoms with Gasteiger partial charge in [-0.3, -0.25) is 4.79 Å². The van der Waals surface area contributed by atoms with E-state index in [9.17, 15) is 4.79 Å². The van der Waals surface area contributed by atoms with Crippen LogP contribution in [0.15, 0.2) is 40.9 Å². The minimum absolute atomic E-state index is 0.0791. The Kier molecular flexibility index (Phi) is 5.66. The van der Waals surface area contributed by atoms with E-state index in [4.69, 9.17) is 9.47 Å². The Labute approximate surface area is 145 Å². The first kappa shape index (κ1) is 17.3. The Morgan fingerprint density at radius 2 is 1.61 bits per heavy atom. The number of halogens is 1. The summed E-state index contributed by atoms with van der Waals surface area (Å²) in [5, 5.41) is 0. The minimum atomic E-state index is -0.0791.